The minimum Gasteiger partial charge on any atom is -0.208 e. The van der Waals surface area contributed by atoms with E-state index in [0.717, 1.165) is 100 Å². The highest BCUT2D eigenvalue weighted by molar-refractivity contribution is 5.80. The first kappa shape index (κ1) is 47.2. The maximum absolute atomic E-state index is 5.15. The van der Waals surface area contributed by atoms with E-state index >= 15 is 0 Å². The zero-order chi connectivity index (χ0) is 52.0. The van der Waals surface area contributed by atoms with Crippen LogP contribution in [0.4, 0.5) is 0 Å². The quantitative estimate of drug-likeness (QED) is 0.121. The molecule has 11 aromatic carbocycles. The van der Waals surface area contributed by atoms with Crippen molar-refractivity contribution < 1.29 is 0 Å². The Hall–Kier alpha value is -10.6. The molecule has 0 amide bonds. The van der Waals surface area contributed by atoms with Crippen LogP contribution in [0, 0.1) is 0 Å². The van der Waals surface area contributed by atoms with Crippen LogP contribution in [0.5, 0.6) is 0 Å². The molecule has 0 aliphatic heterocycles. The van der Waals surface area contributed by atoms with Crippen molar-refractivity contribution in [1.29, 1.82) is 0 Å². The van der Waals surface area contributed by atoms with Crippen LogP contribution in [0.25, 0.3) is 135 Å². The molecule has 0 bridgehead atoms. The van der Waals surface area contributed by atoms with E-state index in [1.165, 1.54) is 0 Å². The van der Waals surface area contributed by atoms with E-state index in [0.29, 0.717) is 34.9 Å². The fourth-order valence-corrected chi connectivity index (χ4v) is 9.85. The number of benzene rings is 11. The molecule has 0 aliphatic carbocycles. The highest BCUT2D eigenvalue weighted by Gasteiger charge is 2.17. The van der Waals surface area contributed by atoms with Crippen molar-refractivity contribution in [2.75, 3.05) is 0 Å². The van der Waals surface area contributed by atoms with Crippen molar-refractivity contribution in [3.8, 4) is 135 Å². The van der Waals surface area contributed by atoms with E-state index in [2.05, 4.69) is 267 Å². The van der Waals surface area contributed by atoms with E-state index < -0.39 is 0 Å². The Labute approximate surface area is 453 Å². The average Bonchev–Trinajstić information content (AvgIpc) is 3.57. The van der Waals surface area contributed by atoms with Gasteiger partial charge in [-0.1, -0.05) is 273 Å². The van der Waals surface area contributed by atoms with Crippen molar-refractivity contribution in [1.82, 2.24) is 29.9 Å². The molecule has 0 spiro atoms. The fraction of sp³-hybridized carbons (Fsp3) is 0. The van der Waals surface area contributed by atoms with Crippen LogP contribution in [-0.4, -0.2) is 29.9 Å². The third-order valence-corrected chi connectivity index (χ3v) is 14.0. The van der Waals surface area contributed by atoms with Gasteiger partial charge in [-0.3, -0.25) is 0 Å². The molecule has 0 fully saturated rings. The smallest absolute Gasteiger partial charge is 0.164 e. The second-order valence-electron chi connectivity index (χ2n) is 19.1. The summed E-state index contributed by atoms with van der Waals surface area (Å²) < 4.78 is 0. The minimum atomic E-state index is 0.593. The maximum Gasteiger partial charge on any atom is 0.164 e. The standard InChI is InChI=1S/C72H48N6/c1-5-16-49(17-6-1)53-30-38-57(39-31-53)67-73-68(58-40-32-54(33-41-58)50-18-7-2-8-19-50)76-71(75-67)65-28-14-26-63(47-65)61-24-13-25-62(46-61)64-27-15-29-66(48-64)72-77-69(59-42-34-55(35-43-59)51-20-9-3-10-21-51)74-70(78-72)60-44-36-56(37-45-60)52-22-11-4-12-23-52/h1-48H. The van der Waals surface area contributed by atoms with Gasteiger partial charge in [-0.05, 0) is 85.0 Å². The maximum atomic E-state index is 5.15. The number of nitrogens with zero attached hydrogens (tertiary/aromatic N) is 6. The molecule has 366 valence electrons. The van der Waals surface area contributed by atoms with Crippen molar-refractivity contribution in [3.63, 3.8) is 0 Å². The predicted octanol–water partition coefficient (Wildman–Crippen LogP) is 18.1. The van der Waals surface area contributed by atoms with Gasteiger partial charge in [0.1, 0.15) is 0 Å². The van der Waals surface area contributed by atoms with Crippen molar-refractivity contribution in [2.24, 2.45) is 0 Å². The van der Waals surface area contributed by atoms with Crippen LogP contribution in [0.15, 0.2) is 291 Å². The zero-order valence-corrected chi connectivity index (χ0v) is 42.4. The lowest BCUT2D eigenvalue weighted by molar-refractivity contribution is 1.07. The Bertz CT molecular complexity index is 3710. The summed E-state index contributed by atoms with van der Waals surface area (Å²) in [6.45, 7) is 0. The van der Waals surface area contributed by atoms with Crippen molar-refractivity contribution in [3.05, 3.63) is 291 Å². The van der Waals surface area contributed by atoms with Gasteiger partial charge in [0.15, 0.2) is 34.9 Å². The van der Waals surface area contributed by atoms with Crippen LogP contribution >= 0.6 is 0 Å². The summed E-state index contributed by atoms with van der Waals surface area (Å²) in [4.78, 5) is 30.8. The normalized spacial score (nSPS) is 11.1. The zero-order valence-electron chi connectivity index (χ0n) is 42.4. The average molecular weight is 997 g/mol. The molecule has 78 heavy (non-hydrogen) atoms. The Morgan fingerprint density at radius 2 is 0.269 bits per heavy atom. The molecule has 0 atom stereocenters. The molecule has 6 heteroatoms. The monoisotopic (exact) mass is 996 g/mol. The molecule has 13 rings (SSSR count). The molecular weight excluding hydrogens is 949 g/mol. The first-order valence-electron chi connectivity index (χ1n) is 26.1. The summed E-state index contributed by atoms with van der Waals surface area (Å²) in [6, 6.07) is 101. The van der Waals surface area contributed by atoms with Crippen molar-refractivity contribution >= 4 is 0 Å². The van der Waals surface area contributed by atoms with Gasteiger partial charge >= 0.3 is 0 Å². The first-order chi connectivity index (χ1) is 38.6. The topological polar surface area (TPSA) is 77.3 Å². The lowest BCUT2D eigenvalue weighted by Gasteiger charge is -2.12. The number of rotatable bonds is 12. The third-order valence-electron chi connectivity index (χ3n) is 14.0. The summed E-state index contributed by atoms with van der Waals surface area (Å²) in [6.07, 6.45) is 0. The second kappa shape index (κ2) is 21.4. The van der Waals surface area contributed by atoms with Crippen LogP contribution in [0.1, 0.15) is 0 Å². The second-order valence-corrected chi connectivity index (χ2v) is 19.1. The molecule has 0 saturated carbocycles. The van der Waals surface area contributed by atoms with Gasteiger partial charge in [0, 0.05) is 33.4 Å². The lowest BCUT2D eigenvalue weighted by Crippen LogP contribution is -2.00. The van der Waals surface area contributed by atoms with Crippen LogP contribution in [-0.2, 0) is 0 Å². The third kappa shape index (κ3) is 10.2. The van der Waals surface area contributed by atoms with Gasteiger partial charge in [0.25, 0.3) is 0 Å². The highest BCUT2D eigenvalue weighted by atomic mass is 15.0. The summed E-state index contributed by atoms with van der Waals surface area (Å²) in [5.74, 6) is 3.61. The molecule has 0 aliphatic rings. The van der Waals surface area contributed by atoms with Crippen LogP contribution < -0.4 is 0 Å². The SMILES string of the molecule is c1ccc(-c2ccc(-c3nc(-c4ccc(-c5ccccc5)cc4)nc(-c4cccc(-c5cccc(-c6cccc(-c7nc(-c8ccc(-c9ccccc9)cc8)nc(-c8ccc(-c9ccccc9)cc8)n7)c6)c5)c4)n3)cc2)cc1. The van der Waals surface area contributed by atoms with Crippen LogP contribution in [0.3, 0.4) is 0 Å². The van der Waals surface area contributed by atoms with Gasteiger partial charge in [-0.15, -0.1) is 0 Å². The molecule has 0 saturated heterocycles. The summed E-state index contributed by atoms with van der Waals surface area (Å²) in [5.41, 5.74) is 18.7. The van der Waals surface area contributed by atoms with E-state index in [-0.39, 0.29) is 0 Å². The predicted molar refractivity (Wildman–Crippen MR) is 318 cm³/mol. The van der Waals surface area contributed by atoms with Gasteiger partial charge in [0.2, 0.25) is 0 Å². The Morgan fingerprint density at radius 1 is 0.115 bits per heavy atom. The Balaban J connectivity index is 0.838. The van der Waals surface area contributed by atoms with Crippen LogP contribution in [0.2, 0.25) is 0 Å². The first-order valence-corrected chi connectivity index (χ1v) is 26.1. The summed E-state index contributed by atoms with van der Waals surface area (Å²) in [7, 11) is 0. The van der Waals surface area contributed by atoms with E-state index in [4.69, 9.17) is 29.9 Å². The molecule has 6 nitrogen and oxygen atoms in total. The molecule has 0 radical (unpaired) electrons. The van der Waals surface area contributed by atoms with E-state index in [1.54, 1.807) is 0 Å². The van der Waals surface area contributed by atoms with Gasteiger partial charge in [0.05, 0.1) is 0 Å². The molecule has 13 aromatic rings. The molecule has 2 aromatic heterocycles. The van der Waals surface area contributed by atoms with Gasteiger partial charge in [-0.2, -0.15) is 0 Å². The number of aromatic nitrogens is 6. The molecule has 0 N–H and O–H groups in total. The molecular formula is C72H48N6. The van der Waals surface area contributed by atoms with E-state index in [1.807, 2.05) is 24.3 Å². The lowest BCUT2D eigenvalue weighted by atomic mass is 9.97. The minimum absolute atomic E-state index is 0.593. The molecule has 0 unspecified atom stereocenters. The Morgan fingerprint density at radius 3 is 0.500 bits per heavy atom. The number of hydrogen-bond acceptors (Lipinski definition) is 6. The largest absolute Gasteiger partial charge is 0.208 e. The van der Waals surface area contributed by atoms with E-state index in [9.17, 15) is 0 Å². The Kier molecular flexibility index (Phi) is 12.9. The molecule has 2 heterocycles. The summed E-state index contributed by atoms with van der Waals surface area (Å²) >= 11 is 0. The highest BCUT2D eigenvalue weighted by Crippen LogP contribution is 2.35. The van der Waals surface area contributed by atoms with Crippen molar-refractivity contribution in [2.45, 2.75) is 0 Å². The van der Waals surface area contributed by atoms with Gasteiger partial charge < -0.3 is 0 Å². The summed E-state index contributed by atoms with van der Waals surface area (Å²) in [5, 5.41) is 0. The number of hydrogen-bond donors (Lipinski definition) is 0. The fourth-order valence-electron chi connectivity index (χ4n) is 9.85. The van der Waals surface area contributed by atoms with Gasteiger partial charge in [-0.25, -0.2) is 29.9 Å².